The van der Waals surface area contributed by atoms with Gasteiger partial charge in [-0.25, -0.2) is 9.48 Å². The first-order chi connectivity index (χ1) is 15.5. The number of nitrogens with one attached hydrogen (secondary N) is 1. The molecule has 1 amide bonds. The maximum Gasteiger partial charge on any atom is 0.420 e. The van der Waals surface area contributed by atoms with Gasteiger partial charge in [0.25, 0.3) is 5.69 Å². The smallest absolute Gasteiger partial charge is 0.407 e. The maximum absolute atomic E-state index is 13.1. The van der Waals surface area contributed by atoms with Crippen LogP contribution in [0.25, 0.3) is 16.8 Å². The summed E-state index contributed by atoms with van der Waals surface area (Å²) in [7, 11) is 0. The zero-order valence-electron chi connectivity index (χ0n) is 16.8. The molecule has 10 nitrogen and oxygen atoms in total. The van der Waals surface area contributed by atoms with E-state index in [1.807, 2.05) is 0 Å². The number of carbonyl (C=O) groups excluding carboxylic acids is 1. The van der Waals surface area contributed by atoms with Crippen molar-refractivity contribution in [1.82, 2.24) is 14.3 Å². The quantitative estimate of drug-likeness (QED) is 0.357. The third-order valence-electron chi connectivity index (χ3n) is 4.68. The van der Waals surface area contributed by atoms with E-state index in [0.717, 1.165) is 33.5 Å². The summed E-state index contributed by atoms with van der Waals surface area (Å²) in [6.45, 7) is 1.09. The number of oxazole rings is 1. The number of nitro benzene ring substituents is 1. The average molecular weight is 461 g/mol. The number of hydrogen-bond donors (Lipinski definition) is 1. The number of hydrogen-bond acceptors (Lipinski definition) is 6. The second-order valence-electron chi connectivity index (χ2n) is 7.04. The molecule has 0 unspecified atom stereocenters. The fourth-order valence-electron chi connectivity index (χ4n) is 3.24. The van der Waals surface area contributed by atoms with E-state index in [1.165, 1.54) is 24.3 Å². The number of anilines is 1. The van der Waals surface area contributed by atoms with Crippen LogP contribution in [0.2, 0.25) is 0 Å². The molecule has 1 N–H and O–H groups in total. The fraction of sp³-hybridized carbons (Fsp3) is 0.150. The first-order valence-corrected chi connectivity index (χ1v) is 9.35. The molecule has 0 bridgehead atoms. The van der Waals surface area contributed by atoms with E-state index < -0.39 is 34.9 Å². The normalized spacial score (nSPS) is 11.6. The van der Waals surface area contributed by atoms with E-state index in [-0.39, 0.29) is 28.3 Å². The Morgan fingerprint density at radius 3 is 2.67 bits per heavy atom. The van der Waals surface area contributed by atoms with Gasteiger partial charge < -0.3 is 9.73 Å². The second kappa shape index (κ2) is 7.93. The van der Waals surface area contributed by atoms with E-state index in [1.54, 1.807) is 6.92 Å². The van der Waals surface area contributed by atoms with Crippen molar-refractivity contribution in [2.24, 2.45) is 0 Å². The summed E-state index contributed by atoms with van der Waals surface area (Å²) >= 11 is 0. The molecule has 0 spiro atoms. The van der Waals surface area contributed by atoms with Gasteiger partial charge in [0.05, 0.1) is 33.5 Å². The molecule has 13 heteroatoms. The van der Waals surface area contributed by atoms with Crippen LogP contribution in [0, 0.1) is 17.0 Å². The first-order valence-electron chi connectivity index (χ1n) is 9.35. The number of nitrogens with zero attached hydrogens (tertiary/aromatic N) is 4. The van der Waals surface area contributed by atoms with Gasteiger partial charge in [-0.15, -0.1) is 0 Å². The van der Waals surface area contributed by atoms with Gasteiger partial charge in [-0.2, -0.15) is 18.3 Å². The van der Waals surface area contributed by atoms with E-state index in [0.29, 0.717) is 5.69 Å². The van der Waals surface area contributed by atoms with Crippen molar-refractivity contribution in [3.63, 3.8) is 0 Å². The van der Waals surface area contributed by atoms with E-state index in [2.05, 4.69) is 10.4 Å². The Labute approximate surface area is 182 Å². The highest BCUT2D eigenvalue weighted by molar-refractivity contribution is 5.91. The Morgan fingerprint density at radius 1 is 1.21 bits per heavy atom. The molecule has 4 rings (SSSR count). The van der Waals surface area contributed by atoms with Crippen LogP contribution in [0.4, 0.5) is 24.7 Å². The molecular formula is C20H14F3N5O5. The summed E-state index contributed by atoms with van der Waals surface area (Å²) in [5.41, 5.74) is -0.549. The van der Waals surface area contributed by atoms with E-state index in [9.17, 15) is 32.9 Å². The summed E-state index contributed by atoms with van der Waals surface area (Å²) < 4.78 is 46.3. The average Bonchev–Trinajstić information content (AvgIpc) is 3.26. The SMILES string of the molecule is Cc1cc(NC(=O)Cn2c(=O)oc3cc([N+](=O)[O-])ccc32)n(-c2cccc(C(F)(F)F)c2)n1. The minimum absolute atomic E-state index is 0.0631. The molecule has 0 radical (unpaired) electrons. The Balaban J connectivity index is 1.62. The lowest BCUT2D eigenvalue weighted by Gasteiger charge is -2.12. The Morgan fingerprint density at radius 2 is 1.97 bits per heavy atom. The molecule has 4 aromatic rings. The van der Waals surface area contributed by atoms with Crippen LogP contribution in [0.3, 0.4) is 0 Å². The number of benzene rings is 2. The molecule has 33 heavy (non-hydrogen) atoms. The molecule has 0 aliphatic rings. The highest BCUT2D eigenvalue weighted by Crippen LogP contribution is 2.31. The molecule has 2 heterocycles. The maximum atomic E-state index is 13.1. The first kappa shape index (κ1) is 21.8. The number of rotatable bonds is 5. The molecule has 0 aliphatic heterocycles. The number of carbonyl (C=O) groups is 1. The van der Waals surface area contributed by atoms with E-state index in [4.69, 9.17) is 4.42 Å². The van der Waals surface area contributed by atoms with Crippen LogP contribution >= 0.6 is 0 Å². The van der Waals surface area contributed by atoms with Gasteiger partial charge in [0, 0.05) is 12.1 Å². The lowest BCUT2D eigenvalue weighted by molar-refractivity contribution is -0.384. The Kier molecular flexibility index (Phi) is 5.24. The van der Waals surface area contributed by atoms with Crippen LogP contribution in [0.5, 0.6) is 0 Å². The Hall–Kier alpha value is -4.42. The summed E-state index contributed by atoms with van der Waals surface area (Å²) in [5.74, 6) is -1.50. The topological polar surface area (TPSA) is 125 Å². The molecule has 0 fully saturated rings. The van der Waals surface area contributed by atoms with Crippen molar-refractivity contribution < 1.29 is 27.3 Å². The fourth-order valence-corrected chi connectivity index (χ4v) is 3.24. The summed E-state index contributed by atoms with van der Waals surface area (Å²) in [4.78, 5) is 35.0. The third-order valence-corrected chi connectivity index (χ3v) is 4.68. The van der Waals surface area contributed by atoms with Gasteiger partial charge in [0.1, 0.15) is 12.4 Å². The van der Waals surface area contributed by atoms with Crippen LogP contribution in [-0.4, -0.2) is 25.2 Å². The van der Waals surface area contributed by atoms with Crippen molar-refractivity contribution in [3.8, 4) is 5.69 Å². The third kappa shape index (κ3) is 4.33. The number of halogens is 3. The standard InChI is InChI=1S/C20H14F3N5O5/c1-11-7-17(27(25-11)13-4-2-3-12(8-13)20(21,22)23)24-18(29)10-26-15-6-5-14(28(31)32)9-16(15)33-19(26)30/h2-9H,10H2,1H3,(H,24,29). The van der Waals surface area contributed by atoms with Crippen molar-refractivity contribution in [2.45, 2.75) is 19.6 Å². The Bertz CT molecular complexity index is 1450. The minimum atomic E-state index is -4.56. The predicted octanol–water partition coefficient (Wildman–Crippen LogP) is 3.65. The zero-order valence-corrected chi connectivity index (χ0v) is 16.8. The molecule has 0 saturated carbocycles. The van der Waals surface area contributed by atoms with Gasteiger partial charge in [-0.1, -0.05) is 6.07 Å². The van der Waals surface area contributed by atoms with Crippen LogP contribution in [-0.2, 0) is 17.5 Å². The molecular weight excluding hydrogens is 447 g/mol. The number of aromatic nitrogens is 3. The van der Waals surface area contributed by atoms with Crippen LogP contribution in [0.15, 0.2) is 57.7 Å². The second-order valence-corrected chi connectivity index (χ2v) is 7.04. The van der Waals surface area contributed by atoms with Gasteiger partial charge in [-0.3, -0.25) is 19.5 Å². The number of fused-ring (bicyclic) bond motifs is 1. The molecule has 0 atom stereocenters. The molecule has 170 valence electrons. The largest absolute Gasteiger partial charge is 0.420 e. The highest BCUT2D eigenvalue weighted by Gasteiger charge is 2.30. The number of aryl methyl sites for hydroxylation is 1. The number of nitro groups is 1. The van der Waals surface area contributed by atoms with Gasteiger partial charge in [0.2, 0.25) is 5.91 Å². The van der Waals surface area contributed by atoms with Crippen molar-refractivity contribution in [3.05, 3.63) is 80.5 Å². The number of non-ortho nitro benzene ring substituents is 1. The van der Waals surface area contributed by atoms with Crippen LogP contribution in [0.1, 0.15) is 11.3 Å². The van der Waals surface area contributed by atoms with Crippen molar-refractivity contribution in [1.29, 1.82) is 0 Å². The van der Waals surface area contributed by atoms with Crippen LogP contribution < -0.4 is 11.1 Å². The highest BCUT2D eigenvalue weighted by atomic mass is 19.4. The molecule has 2 aromatic heterocycles. The number of amides is 1. The van der Waals surface area contributed by atoms with E-state index >= 15 is 0 Å². The summed E-state index contributed by atoms with van der Waals surface area (Å²) in [5, 5.41) is 17.5. The van der Waals surface area contributed by atoms with Gasteiger partial charge in [-0.05, 0) is 31.2 Å². The predicted molar refractivity (Wildman–Crippen MR) is 109 cm³/mol. The summed E-state index contributed by atoms with van der Waals surface area (Å²) in [6.07, 6.45) is -4.56. The zero-order chi connectivity index (χ0) is 23.9. The van der Waals surface area contributed by atoms with Crippen molar-refractivity contribution >= 4 is 28.5 Å². The van der Waals surface area contributed by atoms with Crippen molar-refractivity contribution in [2.75, 3.05) is 5.32 Å². The number of alkyl halides is 3. The molecule has 2 aromatic carbocycles. The summed E-state index contributed by atoms with van der Waals surface area (Å²) in [6, 6.07) is 9.40. The van der Waals surface area contributed by atoms with Gasteiger partial charge >= 0.3 is 11.9 Å². The lowest BCUT2D eigenvalue weighted by atomic mass is 10.2. The minimum Gasteiger partial charge on any atom is -0.407 e. The lowest BCUT2D eigenvalue weighted by Crippen LogP contribution is -2.25. The molecule has 0 saturated heterocycles. The monoisotopic (exact) mass is 461 g/mol. The van der Waals surface area contributed by atoms with Gasteiger partial charge in [0.15, 0.2) is 5.58 Å². The molecule has 0 aliphatic carbocycles.